The van der Waals surface area contributed by atoms with Crippen LogP contribution in [0.25, 0.3) is 0 Å². The summed E-state index contributed by atoms with van der Waals surface area (Å²) < 4.78 is 5.75. The van der Waals surface area contributed by atoms with Gasteiger partial charge in [0.25, 0.3) is 0 Å². The summed E-state index contributed by atoms with van der Waals surface area (Å²) in [5.41, 5.74) is 4.22. The molecule has 0 aliphatic carbocycles. The topological polar surface area (TPSA) is 95.1 Å². The molecule has 2 aromatic rings. The monoisotopic (exact) mass is 789 g/mol. The van der Waals surface area contributed by atoms with E-state index >= 15 is 0 Å². The number of piperazine rings is 4. The highest BCUT2D eigenvalue weighted by Crippen LogP contribution is 2.33. The number of rotatable bonds is 6. The minimum absolute atomic E-state index is 0.0536. The van der Waals surface area contributed by atoms with Gasteiger partial charge >= 0.3 is 6.09 Å². The van der Waals surface area contributed by atoms with Gasteiger partial charge in [0.2, 0.25) is 11.8 Å². The average molecular weight is 789 g/mol. The molecule has 4 aliphatic rings. The first kappa shape index (κ1) is 44.2. The number of hydrogen-bond acceptors (Lipinski definition) is 9. The Morgan fingerprint density at radius 2 is 1.12 bits per heavy atom. The molecule has 0 spiro atoms. The lowest BCUT2D eigenvalue weighted by atomic mass is 9.98. The molecule has 0 saturated carbocycles. The van der Waals surface area contributed by atoms with E-state index in [4.69, 9.17) is 4.74 Å². The van der Waals surface area contributed by atoms with E-state index in [0.717, 1.165) is 71.0 Å². The van der Waals surface area contributed by atoms with Gasteiger partial charge in [-0.2, -0.15) is 0 Å². The maximum Gasteiger partial charge on any atom is 0.410 e. The van der Waals surface area contributed by atoms with E-state index in [0.29, 0.717) is 13.1 Å². The fourth-order valence-electron chi connectivity index (χ4n) is 8.14. The van der Waals surface area contributed by atoms with Gasteiger partial charge in [-0.25, -0.2) is 4.79 Å². The fourth-order valence-corrected chi connectivity index (χ4v) is 8.14. The number of amides is 3. The van der Waals surface area contributed by atoms with Crippen molar-refractivity contribution in [2.45, 2.75) is 92.1 Å². The van der Waals surface area contributed by atoms with E-state index in [1.54, 1.807) is 0 Å². The first-order valence-electron chi connectivity index (χ1n) is 21.3. The minimum atomic E-state index is -0.572. The summed E-state index contributed by atoms with van der Waals surface area (Å²) in [6.07, 6.45) is -0.323. The van der Waals surface area contributed by atoms with Crippen LogP contribution in [0.5, 0.6) is 0 Å². The van der Waals surface area contributed by atoms with Crippen LogP contribution in [0.4, 0.5) is 16.2 Å². The van der Waals surface area contributed by atoms with Crippen LogP contribution >= 0.6 is 0 Å². The van der Waals surface area contributed by atoms with Gasteiger partial charge in [0.1, 0.15) is 5.60 Å². The highest BCUT2D eigenvalue weighted by Gasteiger charge is 2.40. The van der Waals surface area contributed by atoms with Crippen molar-refractivity contribution in [1.82, 2.24) is 29.8 Å². The molecule has 4 fully saturated rings. The molecule has 2 aromatic carbocycles. The van der Waals surface area contributed by atoms with Gasteiger partial charge in [0, 0.05) is 114 Å². The Morgan fingerprint density at radius 1 is 0.649 bits per heavy atom. The van der Waals surface area contributed by atoms with Crippen molar-refractivity contribution in [3.63, 3.8) is 0 Å². The zero-order valence-electron chi connectivity index (χ0n) is 36.8. The van der Waals surface area contributed by atoms with Gasteiger partial charge < -0.3 is 39.5 Å². The second kappa shape index (κ2) is 19.3. The zero-order valence-corrected chi connectivity index (χ0v) is 36.8. The van der Waals surface area contributed by atoms with Crippen molar-refractivity contribution >= 4 is 29.3 Å². The number of carbonyl (C=O) groups is 3. The number of carbonyl (C=O) groups excluding carboxylic acids is 3. The second-order valence-corrected chi connectivity index (χ2v) is 18.4. The summed E-state index contributed by atoms with van der Waals surface area (Å²) in [6.45, 7) is 28.6. The van der Waals surface area contributed by atoms with Gasteiger partial charge in [-0.1, -0.05) is 52.0 Å². The molecular formula is C45H72N8O4. The highest BCUT2D eigenvalue weighted by atomic mass is 16.6. The smallest absolute Gasteiger partial charge is 0.410 e. The lowest BCUT2D eigenvalue weighted by Gasteiger charge is -2.46. The molecule has 57 heavy (non-hydrogen) atoms. The van der Waals surface area contributed by atoms with Crippen LogP contribution in [0.15, 0.2) is 48.5 Å². The van der Waals surface area contributed by atoms with E-state index in [9.17, 15) is 14.4 Å². The van der Waals surface area contributed by atoms with Gasteiger partial charge in [-0.05, 0) is 84.1 Å². The molecule has 1 N–H and O–H groups in total. The van der Waals surface area contributed by atoms with Crippen molar-refractivity contribution in [3.8, 4) is 0 Å². The first-order chi connectivity index (χ1) is 26.9. The third-order valence-corrected chi connectivity index (χ3v) is 11.8. The quantitative estimate of drug-likeness (QED) is 0.404. The van der Waals surface area contributed by atoms with Crippen molar-refractivity contribution < 1.29 is 19.1 Å². The largest absolute Gasteiger partial charge is 0.444 e. The summed E-state index contributed by atoms with van der Waals surface area (Å²) in [6, 6.07) is 17.5. The van der Waals surface area contributed by atoms with E-state index in [1.165, 1.54) is 16.9 Å². The SMILES string of the molecule is CC(C)C(=O)N1C[C@H](c2cccc(N3CCN(C)CC3)c2)N(C(=O)OC(C)(C)C)C[C@H]1C.CC(C)C(=O)N1C[C@H](c2cccc(N3CCN(C)CC3)c2)NC[C@H]1C. The number of ether oxygens (including phenoxy) is 1. The number of anilines is 2. The molecule has 0 unspecified atom stereocenters. The standard InChI is InChI=1S/C25H40N4O3.C20H32N4O/c1-18(2)23(30)28-17-22(29(16-19(28)3)24(31)32-25(4,5)6)20-9-8-10-21(15-20)27-13-11-26(7)12-14-27;1-15(2)20(25)24-14-19(21-13-16(24)3)17-6-5-7-18(12-17)23-10-8-22(4)9-11-23/h8-10,15,18-19,22H,11-14,16-17H2,1-7H3;5-7,12,15-16,19,21H,8-11,13-14H2,1-4H3/t19-,22-;16-,19-/m11/s1. The van der Waals surface area contributed by atoms with Crippen LogP contribution in [0.3, 0.4) is 0 Å². The van der Waals surface area contributed by atoms with E-state index < -0.39 is 5.60 Å². The molecule has 4 saturated heterocycles. The van der Waals surface area contributed by atoms with Gasteiger partial charge in [0.05, 0.1) is 12.1 Å². The Labute approximate surface area is 343 Å². The summed E-state index contributed by atoms with van der Waals surface area (Å²) in [5, 5.41) is 3.63. The summed E-state index contributed by atoms with van der Waals surface area (Å²) >= 11 is 0. The Hall–Kier alpha value is -3.87. The van der Waals surface area contributed by atoms with Crippen LogP contribution in [0.2, 0.25) is 0 Å². The van der Waals surface area contributed by atoms with Crippen LogP contribution in [0, 0.1) is 11.8 Å². The molecule has 0 bridgehead atoms. The van der Waals surface area contributed by atoms with Gasteiger partial charge in [-0.3, -0.25) is 14.5 Å². The third-order valence-electron chi connectivity index (χ3n) is 11.8. The average Bonchev–Trinajstić information content (AvgIpc) is 3.17. The van der Waals surface area contributed by atoms with Crippen molar-refractivity contribution in [1.29, 1.82) is 0 Å². The normalized spacial score (nSPS) is 24.1. The number of likely N-dealkylation sites (N-methyl/N-ethyl adjacent to an activating group) is 2. The summed E-state index contributed by atoms with van der Waals surface area (Å²) in [7, 11) is 4.33. The Bertz CT molecular complexity index is 1650. The summed E-state index contributed by atoms with van der Waals surface area (Å²) in [4.78, 5) is 53.9. The molecular weight excluding hydrogens is 717 g/mol. The van der Waals surface area contributed by atoms with E-state index in [-0.39, 0.29) is 53.9 Å². The molecule has 4 heterocycles. The number of hydrogen-bond donors (Lipinski definition) is 1. The molecule has 3 amide bonds. The molecule has 0 radical (unpaired) electrons. The number of nitrogens with zero attached hydrogens (tertiary/aromatic N) is 7. The lowest BCUT2D eigenvalue weighted by Crippen LogP contribution is -2.58. The van der Waals surface area contributed by atoms with Gasteiger partial charge in [0.15, 0.2) is 0 Å². The lowest BCUT2D eigenvalue weighted by molar-refractivity contribution is -0.141. The minimum Gasteiger partial charge on any atom is -0.444 e. The van der Waals surface area contributed by atoms with Crippen molar-refractivity contribution in [2.75, 3.05) is 102 Å². The highest BCUT2D eigenvalue weighted by molar-refractivity contribution is 5.79. The zero-order chi connectivity index (χ0) is 41.6. The molecule has 4 atom stereocenters. The predicted octanol–water partition coefficient (Wildman–Crippen LogP) is 5.56. The van der Waals surface area contributed by atoms with Crippen LogP contribution in [-0.4, -0.2) is 153 Å². The Kier molecular flexibility index (Phi) is 14.9. The third kappa shape index (κ3) is 11.6. The first-order valence-corrected chi connectivity index (χ1v) is 21.3. The number of nitrogens with one attached hydrogen (secondary N) is 1. The van der Waals surface area contributed by atoms with Crippen LogP contribution in [-0.2, 0) is 14.3 Å². The van der Waals surface area contributed by atoms with E-state index in [2.05, 4.69) is 94.5 Å². The molecule has 316 valence electrons. The molecule has 12 heteroatoms. The summed E-state index contributed by atoms with van der Waals surface area (Å²) in [5.74, 6) is 0.358. The maximum atomic E-state index is 13.2. The molecule has 12 nitrogen and oxygen atoms in total. The van der Waals surface area contributed by atoms with Crippen molar-refractivity contribution in [3.05, 3.63) is 59.7 Å². The maximum absolute atomic E-state index is 13.2. The molecule has 0 aromatic heterocycles. The van der Waals surface area contributed by atoms with E-state index in [1.807, 2.05) is 70.1 Å². The van der Waals surface area contributed by atoms with Gasteiger partial charge in [-0.15, -0.1) is 0 Å². The van der Waals surface area contributed by atoms with Crippen LogP contribution < -0.4 is 15.1 Å². The predicted molar refractivity (Wildman–Crippen MR) is 231 cm³/mol. The number of benzene rings is 2. The second-order valence-electron chi connectivity index (χ2n) is 18.4. The Balaban J connectivity index is 0.000000224. The van der Waals surface area contributed by atoms with Crippen molar-refractivity contribution in [2.24, 2.45) is 11.8 Å². The van der Waals surface area contributed by atoms with Crippen LogP contribution in [0.1, 0.15) is 85.5 Å². The fraction of sp³-hybridized carbons (Fsp3) is 0.667. The molecule has 6 rings (SSSR count). The Morgan fingerprint density at radius 3 is 1.61 bits per heavy atom. The molecule has 4 aliphatic heterocycles.